The van der Waals surface area contributed by atoms with Crippen LogP contribution in [-0.2, 0) is 19.6 Å². The van der Waals surface area contributed by atoms with Crippen molar-refractivity contribution < 1.29 is 9.36 Å². The van der Waals surface area contributed by atoms with Gasteiger partial charge in [0.2, 0.25) is 11.5 Å². The third kappa shape index (κ3) is 4.40. The highest BCUT2D eigenvalue weighted by atomic mass is 16.2. The normalized spacial score (nSPS) is 11.4. The van der Waals surface area contributed by atoms with Crippen LogP contribution in [-0.4, -0.2) is 24.9 Å². The SMILES string of the molecule is CCCCn1c2nc(=O)n(CCC[n+]3ccccc3C(C)=O)c(=O)c-2nc2cc(C)c(C)cc21. The van der Waals surface area contributed by atoms with E-state index in [1.807, 2.05) is 53.4 Å². The molecule has 0 radical (unpaired) electrons. The Bertz CT molecular complexity index is 1470. The highest BCUT2D eigenvalue weighted by Gasteiger charge is 2.22. The first-order valence-electron chi connectivity index (χ1n) is 11.7. The van der Waals surface area contributed by atoms with Gasteiger partial charge in [-0.2, -0.15) is 9.55 Å². The number of aromatic nitrogens is 5. The Morgan fingerprint density at radius 3 is 2.47 bits per heavy atom. The Hall–Kier alpha value is -3.68. The number of unbranched alkanes of at least 4 members (excludes halogenated alkanes) is 1. The van der Waals surface area contributed by atoms with Gasteiger partial charge in [0.05, 0.1) is 11.0 Å². The molecule has 8 nitrogen and oxygen atoms in total. The minimum absolute atomic E-state index is 0.0344. The van der Waals surface area contributed by atoms with Gasteiger partial charge in [0.25, 0.3) is 5.56 Å². The highest BCUT2D eigenvalue weighted by Crippen LogP contribution is 2.24. The average Bonchev–Trinajstić information content (AvgIpc) is 2.81. The van der Waals surface area contributed by atoms with Crippen LogP contribution in [0.5, 0.6) is 0 Å². The summed E-state index contributed by atoms with van der Waals surface area (Å²) in [5.74, 6) is 0.305. The first kappa shape index (κ1) is 23.5. The largest absolute Gasteiger partial charge is 0.352 e. The van der Waals surface area contributed by atoms with Gasteiger partial charge >= 0.3 is 5.69 Å². The summed E-state index contributed by atoms with van der Waals surface area (Å²) in [5.41, 5.74) is 3.62. The minimum atomic E-state index is -0.572. The standard InChI is InChI=1S/C26H30N5O3/c1-5-6-13-30-22-16-18(3)17(2)15-20(22)27-23-24(30)28-26(34)31(25(23)33)14-9-12-29-11-8-7-10-21(29)19(4)32/h7-8,10-11,15-16H,5-6,9,12-14H2,1-4H3/q+1. The molecule has 0 saturated carbocycles. The zero-order valence-corrected chi connectivity index (χ0v) is 20.2. The summed E-state index contributed by atoms with van der Waals surface area (Å²) in [6.07, 6.45) is 4.20. The number of ketones is 1. The van der Waals surface area contributed by atoms with Crippen molar-refractivity contribution in [3.8, 4) is 11.5 Å². The van der Waals surface area contributed by atoms with Crippen molar-refractivity contribution in [2.24, 2.45) is 0 Å². The van der Waals surface area contributed by atoms with Gasteiger partial charge in [-0.05, 0) is 49.6 Å². The number of Topliss-reactive ketones (excluding diaryl/α,β-unsaturated/α-hetero) is 1. The fraction of sp³-hybridized carbons (Fsp3) is 0.385. The molecule has 0 spiro atoms. The number of fused-ring (bicyclic) bond motifs is 2. The van der Waals surface area contributed by atoms with Crippen molar-refractivity contribution in [2.45, 2.75) is 66.6 Å². The molecule has 1 aromatic carbocycles. The molecular weight excluding hydrogens is 430 g/mol. The molecule has 0 bridgehead atoms. The van der Waals surface area contributed by atoms with E-state index in [0.717, 1.165) is 39.6 Å². The van der Waals surface area contributed by atoms with E-state index >= 15 is 0 Å². The van der Waals surface area contributed by atoms with E-state index in [0.29, 0.717) is 31.0 Å². The number of hydrogen-bond acceptors (Lipinski definition) is 5. The van der Waals surface area contributed by atoms with Crippen LogP contribution in [0.1, 0.15) is 54.7 Å². The molecule has 0 atom stereocenters. The Morgan fingerprint density at radius 1 is 1.00 bits per heavy atom. The van der Waals surface area contributed by atoms with Gasteiger partial charge in [-0.3, -0.25) is 14.2 Å². The van der Waals surface area contributed by atoms with Crippen LogP contribution in [0.25, 0.3) is 22.6 Å². The topological polar surface area (TPSA) is 90.7 Å². The molecule has 3 heterocycles. The molecule has 0 saturated heterocycles. The van der Waals surface area contributed by atoms with Gasteiger partial charge in [-0.15, -0.1) is 0 Å². The van der Waals surface area contributed by atoms with Crippen LogP contribution < -0.4 is 15.8 Å². The second-order valence-corrected chi connectivity index (χ2v) is 8.75. The van der Waals surface area contributed by atoms with E-state index in [1.54, 1.807) is 6.07 Å². The summed E-state index contributed by atoms with van der Waals surface area (Å²) in [7, 11) is 0. The van der Waals surface area contributed by atoms with E-state index in [9.17, 15) is 14.4 Å². The molecule has 34 heavy (non-hydrogen) atoms. The summed E-state index contributed by atoms with van der Waals surface area (Å²) in [6.45, 7) is 9.03. The third-order valence-electron chi connectivity index (χ3n) is 6.28. The summed E-state index contributed by atoms with van der Waals surface area (Å²) < 4.78 is 4.95. The van der Waals surface area contributed by atoms with Crippen LogP contribution >= 0.6 is 0 Å². The number of nitrogens with zero attached hydrogens (tertiary/aromatic N) is 5. The number of pyridine rings is 1. The van der Waals surface area contributed by atoms with Crippen molar-refractivity contribution in [1.29, 1.82) is 0 Å². The maximum atomic E-state index is 13.4. The van der Waals surface area contributed by atoms with Crippen LogP contribution in [0.2, 0.25) is 0 Å². The lowest BCUT2D eigenvalue weighted by Crippen LogP contribution is -2.42. The lowest BCUT2D eigenvalue weighted by molar-refractivity contribution is -0.699. The molecule has 0 N–H and O–H groups in total. The van der Waals surface area contributed by atoms with Crippen molar-refractivity contribution in [1.82, 2.24) is 19.1 Å². The monoisotopic (exact) mass is 460 g/mol. The van der Waals surface area contributed by atoms with Gasteiger partial charge < -0.3 is 4.57 Å². The summed E-state index contributed by atoms with van der Waals surface area (Å²) in [5, 5.41) is 0. The highest BCUT2D eigenvalue weighted by molar-refractivity contribution is 5.90. The first-order chi connectivity index (χ1) is 16.3. The molecular formula is C26H30N5O3+. The number of aryl methyl sites for hydroxylation is 4. The molecule has 0 fully saturated rings. The van der Waals surface area contributed by atoms with Gasteiger partial charge in [0.1, 0.15) is 0 Å². The lowest BCUT2D eigenvalue weighted by Gasteiger charge is -2.18. The maximum absolute atomic E-state index is 13.4. The number of hydrogen-bond donors (Lipinski definition) is 0. The molecule has 176 valence electrons. The predicted octanol–water partition coefficient (Wildman–Crippen LogP) is 3.06. The second-order valence-electron chi connectivity index (χ2n) is 8.75. The van der Waals surface area contributed by atoms with Gasteiger partial charge in [0.15, 0.2) is 24.3 Å². The van der Waals surface area contributed by atoms with Crippen molar-refractivity contribution in [2.75, 3.05) is 0 Å². The molecule has 1 aromatic heterocycles. The van der Waals surface area contributed by atoms with E-state index in [4.69, 9.17) is 0 Å². The molecule has 0 unspecified atom stereocenters. The van der Waals surface area contributed by atoms with Crippen LogP contribution in [0, 0.1) is 13.8 Å². The maximum Gasteiger partial charge on any atom is 0.352 e. The molecule has 2 aromatic rings. The van der Waals surface area contributed by atoms with E-state index in [-0.39, 0.29) is 18.0 Å². The van der Waals surface area contributed by atoms with Gasteiger partial charge in [0, 0.05) is 38.6 Å². The van der Waals surface area contributed by atoms with Gasteiger partial charge in [-0.25, -0.2) is 9.78 Å². The zero-order valence-electron chi connectivity index (χ0n) is 20.2. The number of carbonyl (C=O) groups excluding carboxylic acids is 1. The van der Waals surface area contributed by atoms with Crippen molar-refractivity contribution in [3.05, 3.63) is 74.2 Å². The lowest BCUT2D eigenvalue weighted by atomic mass is 10.1. The quantitative estimate of drug-likeness (QED) is 0.229. The smallest absolute Gasteiger partial charge is 0.322 e. The average molecular weight is 461 g/mol. The molecule has 4 rings (SSSR count). The van der Waals surface area contributed by atoms with E-state index < -0.39 is 11.2 Å². The first-order valence-corrected chi connectivity index (χ1v) is 11.7. The summed E-state index contributed by atoms with van der Waals surface area (Å²) >= 11 is 0. The summed E-state index contributed by atoms with van der Waals surface area (Å²) in [6, 6.07) is 9.46. The Kier molecular flexibility index (Phi) is 6.68. The van der Waals surface area contributed by atoms with Crippen LogP contribution in [0.15, 0.2) is 46.1 Å². The third-order valence-corrected chi connectivity index (χ3v) is 6.28. The second kappa shape index (κ2) is 9.67. The Morgan fingerprint density at radius 2 is 1.74 bits per heavy atom. The predicted molar refractivity (Wildman–Crippen MR) is 130 cm³/mol. The fourth-order valence-corrected chi connectivity index (χ4v) is 4.26. The number of carbonyl (C=O) groups is 1. The number of rotatable bonds is 8. The molecule has 0 aliphatic carbocycles. The molecule has 0 amide bonds. The number of benzene rings is 1. The van der Waals surface area contributed by atoms with Crippen molar-refractivity contribution in [3.63, 3.8) is 0 Å². The minimum Gasteiger partial charge on any atom is -0.322 e. The molecule has 2 aliphatic rings. The Balaban J connectivity index is 1.77. The Labute approximate surface area is 197 Å². The van der Waals surface area contributed by atoms with E-state index in [2.05, 4.69) is 16.9 Å². The van der Waals surface area contributed by atoms with Crippen LogP contribution in [0.4, 0.5) is 0 Å². The molecule has 8 heteroatoms. The summed E-state index contributed by atoms with van der Waals surface area (Å²) in [4.78, 5) is 47.1. The van der Waals surface area contributed by atoms with Gasteiger partial charge in [-0.1, -0.05) is 13.3 Å². The van der Waals surface area contributed by atoms with Crippen molar-refractivity contribution >= 4 is 16.8 Å². The fourth-order valence-electron chi connectivity index (χ4n) is 4.26. The van der Waals surface area contributed by atoms with Crippen LogP contribution in [0.3, 0.4) is 0 Å². The zero-order chi connectivity index (χ0) is 24.4. The molecule has 2 aliphatic heterocycles. The van der Waals surface area contributed by atoms with E-state index in [1.165, 1.54) is 6.92 Å².